The summed E-state index contributed by atoms with van der Waals surface area (Å²) in [5, 5.41) is 2.70. The smallest absolute Gasteiger partial charge is 0.261 e. The summed E-state index contributed by atoms with van der Waals surface area (Å²) in [5.74, 6) is -0.576. The number of amides is 1. The molecule has 9 nitrogen and oxygen atoms in total. The van der Waals surface area contributed by atoms with Crippen LogP contribution in [0.25, 0.3) is 0 Å². The first-order valence-electron chi connectivity index (χ1n) is 12.0. The van der Waals surface area contributed by atoms with Gasteiger partial charge in [-0.25, -0.2) is 21.2 Å². The molecule has 3 aromatic carbocycles. The lowest BCUT2D eigenvalue weighted by molar-refractivity contribution is -0.123. The van der Waals surface area contributed by atoms with Crippen molar-refractivity contribution in [3.63, 3.8) is 0 Å². The summed E-state index contributed by atoms with van der Waals surface area (Å²) < 4.78 is 72.8. The molecule has 1 saturated heterocycles. The maximum absolute atomic E-state index is 13.0. The fourth-order valence-corrected chi connectivity index (χ4v) is 6.46. The van der Waals surface area contributed by atoms with Crippen LogP contribution in [0.2, 0.25) is 0 Å². The highest BCUT2D eigenvalue weighted by atomic mass is 32.2. The number of benzene rings is 3. The molecular weight excluding hydrogens is 533 g/mol. The highest BCUT2D eigenvalue weighted by Crippen LogP contribution is 2.21. The Morgan fingerprint density at radius 3 is 2.05 bits per heavy atom. The average Bonchev–Trinajstić information content (AvgIpc) is 2.93. The molecule has 38 heavy (non-hydrogen) atoms. The van der Waals surface area contributed by atoms with Crippen LogP contribution in [0.15, 0.2) is 82.6 Å². The summed E-state index contributed by atoms with van der Waals surface area (Å²) in [6.45, 7) is 0.969. The van der Waals surface area contributed by atoms with E-state index in [9.17, 15) is 26.0 Å². The van der Waals surface area contributed by atoms with Crippen molar-refractivity contribution in [2.45, 2.75) is 35.6 Å². The van der Waals surface area contributed by atoms with Crippen LogP contribution in [0.5, 0.6) is 5.75 Å². The van der Waals surface area contributed by atoms with Gasteiger partial charge in [-0.05, 0) is 79.1 Å². The Bertz CT molecular complexity index is 1450. The van der Waals surface area contributed by atoms with Crippen LogP contribution < -0.4 is 14.8 Å². The molecule has 0 saturated carbocycles. The second-order valence-corrected chi connectivity index (χ2v) is 12.4. The van der Waals surface area contributed by atoms with E-state index < -0.39 is 31.8 Å². The molecule has 1 amide bonds. The number of hydrogen-bond acceptors (Lipinski definition) is 6. The largest absolute Gasteiger partial charge is 0.484 e. The van der Waals surface area contributed by atoms with Crippen LogP contribution in [-0.4, -0.2) is 46.7 Å². The number of piperidine rings is 1. The van der Waals surface area contributed by atoms with E-state index in [0.717, 1.165) is 37.0 Å². The van der Waals surface area contributed by atoms with Crippen molar-refractivity contribution in [1.29, 1.82) is 0 Å². The fraction of sp³-hybridized carbons (Fsp3) is 0.269. The van der Waals surface area contributed by atoms with E-state index in [1.54, 1.807) is 24.3 Å². The molecule has 3 aromatic rings. The molecule has 0 aromatic heterocycles. The third-order valence-electron chi connectivity index (χ3n) is 5.97. The van der Waals surface area contributed by atoms with Gasteiger partial charge in [0.25, 0.3) is 15.9 Å². The minimum absolute atomic E-state index is 0.0237. The Labute approximate surface area is 221 Å². The van der Waals surface area contributed by atoms with Gasteiger partial charge in [0.2, 0.25) is 10.0 Å². The number of anilines is 1. The van der Waals surface area contributed by atoms with Crippen LogP contribution in [-0.2, 0) is 31.4 Å². The summed E-state index contributed by atoms with van der Waals surface area (Å²) >= 11 is 0. The van der Waals surface area contributed by atoms with E-state index in [4.69, 9.17) is 4.74 Å². The molecule has 1 aliphatic rings. The molecule has 1 aliphatic heterocycles. The average molecular weight is 562 g/mol. The van der Waals surface area contributed by atoms with Crippen molar-refractivity contribution in [2.24, 2.45) is 0 Å². The van der Waals surface area contributed by atoms with Crippen molar-refractivity contribution in [3.8, 4) is 5.75 Å². The Hall–Kier alpha value is -3.48. The van der Waals surface area contributed by atoms with Crippen LogP contribution in [0, 0.1) is 5.82 Å². The van der Waals surface area contributed by atoms with Crippen LogP contribution in [0.1, 0.15) is 24.8 Å². The minimum atomic E-state index is -3.88. The number of halogens is 1. The molecule has 0 aliphatic carbocycles. The fourth-order valence-electron chi connectivity index (χ4n) is 3.88. The first-order chi connectivity index (χ1) is 18.1. The molecule has 1 heterocycles. The van der Waals surface area contributed by atoms with Crippen molar-refractivity contribution < 1.29 is 30.8 Å². The molecule has 202 valence electrons. The highest BCUT2D eigenvalue weighted by molar-refractivity contribution is 7.92. The molecular formula is C26H28FN3O6S2. The SMILES string of the molecule is O=C(COc1ccc(S(=O)(=O)Nc2ccc(F)cc2)cc1)NCc1ccc(S(=O)(=O)N2CCCCC2)cc1. The summed E-state index contributed by atoms with van der Waals surface area (Å²) in [6.07, 6.45) is 2.77. The molecule has 1 fully saturated rings. The number of ether oxygens (including phenoxy) is 1. The predicted molar refractivity (Wildman–Crippen MR) is 140 cm³/mol. The van der Waals surface area contributed by atoms with Gasteiger partial charge in [0.1, 0.15) is 11.6 Å². The second-order valence-electron chi connectivity index (χ2n) is 8.76. The zero-order valence-electron chi connectivity index (χ0n) is 20.5. The van der Waals surface area contributed by atoms with Crippen molar-refractivity contribution in [2.75, 3.05) is 24.4 Å². The zero-order valence-corrected chi connectivity index (χ0v) is 22.1. The summed E-state index contributed by atoms with van der Waals surface area (Å²) in [7, 11) is -7.39. The van der Waals surface area contributed by atoms with E-state index in [2.05, 4.69) is 10.0 Å². The lowest BCUT2D eigenvalue weighted by Gasteiger charge is -2.25. The van der Waals surface area contributed by atoms with Gasteiger partial charge < -0.3 is 10.1 Å². The van der Waals surface area contributed by atoms with E-state index in [1.165, 1.54) is 40.7 Å². The maximum atomic E-state index is 13.0. The number of hydrogen-bond donors (Lipinski definition) is 2. The topological polar surface area (TPSA) is 122 Å². The molecule has 0 bridgehead atoms. The van der Waals surface area contributed by atoms with E-state index in [-0.39, 0.29) is 28.6 Å². The van der Waals surface area contributed by atoms with Gasteiger partial charge in [0, 0.05) is 25.3 Å². The molecule has 0 spiro atoms. The third-order valence-corrected chi connectivity index (χ3v) is 9.28. The molecule has 2 N–H and O–H groups in total. The van der Waals surface area contributed by atoms with Gasteiger partial charge in [-0.15, -0.1) is 0 Å². The van der Waals surface area contributed by atoms with Gasteiger partial charge in [0.05, 0.1) is 9.79 Å². The van der Waals surface area contributed by atoms with Gasteiger partial charge in [-0.1, -0.05) is 18.6 Å². The van der Waals surface area contributed by atoms with Crippen molar-refractivity contribution in [1.82, 2.24) is 9.62 Å². The highest BCUT2D eigenvalue weighted by Gasteiger charge is 2.25. The van der Waals surface area contributed by atoms with Crippen LogP contribution in [0.4, 0.5) is 10.1 Å². The third kappa shape index (κ3) is 7.09. The van der Waals surface area contributed by atoms with Crippen LogP contribution in [0.3, 0.4) is 0 Å². The van der Waals surface area contributed by atoms with E-state index in [0.29, 0.717) is 18.8 Å². The number of rotatable bonds is 10. The van der Waals surface area contributed by atoms with Gasteiger partial charge in [-0.2, -0.15) is 4.31 Å². The van der Waals surface area contributed by atoms with Gasteiger partial charge >= 0.3 is 0 Å². The van der Waals surface area contributed by atoms with E-state index in [1.807, 2.05) is 0 Å². The number of nitrogens with one attached hydrogen (secondary N) is 2. The predicted octanol–water partition coefficient (Wildman–Crippen LogP) is 3.50. The summed E-state index contributed by atoms with van der Waals surface area (Å²) in [4.78, 5) is 12.4. The number of carbonyl (C=O) groups excluding carboxylic acids is 1. The molecule has 12 heteroatoms. The number of carbonyl (C=O) groups is 1. The van der Waals surface area contributed by atoms with Gasteiger partial charge in [-0.3, -0.25) is 9.52 Å². The molecule has 4 rings (SSSR count). The Morgan fingerprint density at radius 1 is 0.816 bits per heavy atom. The Kier molecular flexibility index (Phi) is 8.65. The van der Waals surface area contributed by atoms with Crippen molar-refractivity contribution in [3.05, 3.63) is 84.2 Å². The molecule has 0 atom stereocenters. The zero-order chi connectivity index (χ0) is 27.2. The van der Waals surface area contributed by atoms with Crippen molar-refractivity contribution >= 4 is 31.6 Å². The minimum Gasteiger partial charge on any atom is -0.484 e. The maximum Gasteiger partial charge on any atom is 0.261 e. The van der Waals surface area contributed by atoms with E-state index >= 15 is 0 Å². The normalized spacial score (nSPS) is 14.6. The quantitative estimate of drug-likeness (QED) is 0.391. The monoisotopic (exact) mass is 561 g/mol. The standard InChI is InChI=1S/C26H28FN3O6S2/c27-21-6-8-22(9-7-21)29-37(32,33)24-14-10-23(11-15-24)36-19-26(31)28-18-20-4-12-25(13-5-20)38(34,35)30-16-2-1-3-17-30/h4-15,29H,1-3,16-19H2,(H,28,31). The summed E-state index contributed by atoms with van der Waals surface area (Å²) in [6, 6.07) is 16.9. The first kappa shape index (κ1) is 27.6. The Morgan fingerprint density at radius 2 is 1.42 bits per heavy atom. The Balaban J connectivity index is 1.25. The number of nitrogens with zero attached hydrogens (tertiary/aromatic N) is 1. The van der Waals surface area contributed by atoms with Gasteiger partial charge in [0.15, 0.2) is 6.61 Å². The summed E-state index contributed by atoms with van der Waals surface area (Å²) in [5.41, 5.74) is 0.959. The first-order valence-corrected chi connectivity index (χ1v) is 14.9. The lowest BCUT2D eigenvalue weighted by Crippen LogP contribution is -2.35. The van der Waals surface area contributed by atoms with Crippen LogP contribution >= 0.6 is 0 Å². The molecule has 0 unspecified atom stereocenters. The number of sulfonamides is 2. The lowest BCUT2D eigenvalue weighted by atomic mass is 10.2. The molecule has 0 radical (unpaired) electrons. The second kappa shape index (κ2) is 11.9.